The molecule has 0 bridgehead atoms. The monoisotopic (exact) mass is 250 g/mol. The Morgan fingerprint density at radius 2 is 1.93 bits per heavy atom. The Bertz CT molecular complexity index is 441. The number of rotatable bonds is 4. The lowest BCUT2D eigenvalue weighted by atomic mass is 10.2. The number of benzene rings is 1. The fourth-order valence-electron chi connectivity index (χ4n) is 1.16. The van der Waals surface area contributed by atoms with Crippen molar-refractivity contribution >= 4 is 19.7 Å². The van der Waals surface area contributed by atoms with Gasteiger partial charge in [0.15, 0.2) is 0 Å². The highest BCUT2D eigenvalue weighted by Crippen LogP contribution is 2.26. The van der Waals surface area contributed by atoms with Gasteiger partial charge in [0.2, 0.25) is 9.05 Å². The van der Waals surface area contributed by atoms with Crippen LogP contribution in [0.1, 0.15) is 5.56 Å². The number of hydrogen-bond acceptors (Lipinski definition) is 4. The molecule has 1 aromatic rings. The maximum Gasteiger partial charge on any atom is 0.236 e. The van der Waals surface area contributed by atoms with Crippen LogP contribution in [0.15, 0.2) is 18.2 Å². The Labute approximate surface area is 93.2 Å². The molecule has 1 rings (SSSR count). The van der Waals surface area contributed by atoms with E-state index in [1.807, 2.05) is 0 Å². The molecule has 0 amide bonds. The minimum atomic E-state index is -3.58. The maximum absolute atomic E-state index is 10.9. The lowest BCUT2D eigenvalue weighted by Gasteiger charge is -2.08. The van der Waals surface area contributed by atoms with Crippen LogP contribution in [0.4, 0.5) is 0 Å². The average Bonchev–Trinajstić information content (AvgIpc) is 2.16. The molecular weight excluding hydrogens is 240 g/mol. The van der Waals surface area contributed by atoms with E-state index in [2.05, 4.69) is 0 Å². The summed E-state index contributed by atoms with van der Waals surface area (Å²) in [5.74, 6) is 0.781. The van der Waals surface area contributed by atoms with Gasteiger partial charge >= 0.3 is 0 Å². The molecule has 0 saturated carbocycles. The van der Waals surface area contributed by atoms with E-state index in [1.54, 1.807) is 18.2 Å². The summed E-state index contributed by atoms with van der Waals surface area (Å²) in [7, 11) is 4.56. The standard InChI is InChI=1S/C9H11ClO4S/c1-13-8-4-3-7(6-15(10,11)12)9(5-8)14-2/h3-5H,6H2,1-2H3. The van der Waals surface area contributed by atoms with Crippen molar-refractivity contribution in [1.82, 2.24) is 0 Å². The van der Waals surface area contributed by atoms with Crippen LogP contribution in [0, 0.1) is 0 Å². The Kier molecular flexibility index (Phi) is 3.82. The summed E-state index contributed by atoms with van der Waals surface area (Å²) >= 11 is 0. The van der Waals surface area contributed by atoms with Gasteiger partial charge < -0.3 is 9.47 Å². The first-order chi connectivity index (χ1) is 6.96. The average molecular weight is 251 g/mol. The molecule has 0 saturated heterocycles. The van der Waals surface area contributed by atoms with Crippen molar-refractivity contribution in [2.24, 2.45) is 0 Å². The number of methoxy groups -OCH3 is 2. The Balaban J connectivity index is 3.08. The van der Waals surface area contributed by atoms with Gasteiger partial charge in [0, 0.05) is 22.3 Å². The van der Waals surface area contributed by atoms with Crippen molar-refractivity contribution in [2.75, 3.05) is 14.2 Å². The molecular formula is C9H11ClO4S. The molecule has 0 aliphatic rings. The molecule has 0 unspecified atom stereocenters. The van der Waals surface area contributed by atoms with Crippen molar-refractivity contribution in [1.29, 1.82) is 0 Å². The second kappa shape index (κ2) is 4.72. The molecule has 0 aliphatic carbocycles. The molecule has 1 aromatic carbocycles. The molecule has 0 heterocycles. The van der Waals surface area contributed by atoms with Crippen LogP contribution in [0.3, 0.4) is 0 Å². The lowest BCUT2D eigenvalue weighted by Crippen LogP contribution is -1.99. The molecule has 6 heteroatoms. The molecule has 0 atom stereocenters. The molecule has 0 aliphatic heterocycles. The van der Waals surface area contributed by atoms with Crippen LogP contribution in [-0.2, 0) is 14.8 Å². The third-order valence-corrected chi connectivity index (χ3v) is 2.81. The predicted molar refractivity (Wildman–Crippen MR) is 58.0 cm³/mol. The van der Waals surface area contributed by atoms with Crippen LogP contribution in [-0.4, -0.2) is 22.6 Å². The van der Waals surface area contributed by atoms with E-state index in [1.165, 1.54) is 14.2 Å². The molecule has 0 aromatic heterocycles. The molecule has 84 valence electrons. The largest absolute Gasteiger partial charge is 0.497 e. The van der Waals surface area contributed by atoms with Gasteiger partial charge in [-0.15, -0.1) is 0 Å². The lowest BCUT2D eigenvalue weighted by molar-refractivity contribution is 0.392. The van der Waals surface area contributed by atoms with Crippen LogP contribution < -0.4 is 9.47 Å². The Morgan fingerprint density at radius 1 is 1.27 bits per heavy atom. The zero-order chi connectivity index (χ0) is 11.5. The summed E-state index contributed by atoms with van der Waals surface area (Å²) in [5, 5.41) is 0. The first-order valence-electron chi connectivity index (χ1n) is 4.09. The molecule has 0 N–H and O–H groups in total. The quantitative estimate of drug-likeness (QED) is 0.765. The van der Waals surface area contributed by atoms with Gasteiger partial charge in [0.25, 0.3) is 0 Å². The molecule has 0 radical (unpaired) electrons. The topological polar surface area (TPSA) is 52.6 Å². The van der Waals surface area contributed by atoms with E-state index in [-0.39, 0.29) is 5.75 Å². The Morgan fingerprint density at radius 3 is 2.40 bits per heavy atom. The minimum absolute atomic E-state index is 0.262. The fraction of sp³-hybridized carbons (Fsp3) is 0.333. The second-order valence-corrected chi connectivity index (χ2v) is 5.64. The first-order valence-corrected chi connectivity index (χ1v) is 6.57. The summed E-state index contributed by atoms with van der Waals surface area (Å²) in [6.07, 6.45) is 0. The number of ether oxygens (including phenoxy) is 2. The van der Waals surface area contributed by atoms with E-state index in [0.717, 1.165) is 0 Å². The summed E-state index contributed by atoms with van der Waals surface area (Å²) < 4.78 is 31.8. The minimum Gasteiger partial charge on any atom is -0.497 e. The third-order valence-electron chi connectivity index (χ3n) is 1.82. The van der Waals surface area contributed by atoms with Gasteiger partial charge in [-0.05, 0) is 6.07 Å². The highest BCUT2D eigenvalue weighted by Gasteiger charge is 2.12. The van der Waals surface area contributed by atoms with Gasteiger partial charge in [-0.25, -0.2) is 8.42 Å². The van der Waals surface area contributed by atoms with E-state index in [0.29, 0.717) is 17.1 Å². The van der Waals surface area contributed by atoms with Crippen LogP contribution in [0.25, 0.3) is 0 Å². The number of halogens is 1. The normalized spacial score (nSPS) is 11.1. The van der Waals surface area contributed by atoms with Crippen molar-refractivity contribution in [2.45, 2.75) is 5.75 Å². The summed E-state index contributed by atoms with van der Waals surface area (Å²) in [6, 6.07) is 4.87. The van der Waals surface area contributed by atoms with Crippen LogP contribution in [0.5, 0.6) is 11.5 Å². The van der Waals surface area contributed by atoms with E-state index in [9.17, 15) is 8.42 Å². The molecule has 0 fully saturated rings. The van der Waals surface area contributed by atoms with E-state index < -0.39 is 9.05 Å². The van der Waals surface area contributed by atoms with Crippen LogP contribution in [0.2, 0.25) is 0 Å². The van der Waals surface area contributed by atoms with Gasteiger partial charge in [0.1, 0.15) is 11.5 Å². The van der Waals surface area contributed by atoms with Gasteiger partial charge in [-0.1, -0.05) is 6.07 Å². The van der Waals surface area contributed by atoms with Crippen molar-refractivity contribution < 1.29 is 17.9 Å². The van der Waals surface area contributed by atoms with Crippen molar-refractivity contribution in [3.8, 4) is 11.5 Å². The van der Waals surface area contributed by atoms with Crippen molar-refractivity contribution in [3.63, 3.8) is 0 Å². The summed E-state index contributed by atoms with van der Waals surface area (Å²) in [5.41, 5.74) is 0.508. The van der Waals surface area contributed by atoms with Gasteiger partial charge in [0.05, 0.1) is 20.0 Å². The Hall–Kier alpha value is -0.940. The zero-order valence-electron chi connectivity index (χ0n) is 8.36. The van der Waals surface area contributed by atoms with Gasteiger partial charge in [-0.3, -0.25) is 0 Å². The highest BCUT2D eigenvalue weighted by atomic mass is 35.7. The molecule has 0 spiro atoms. The van der Waals surface area contributed by atoms with Crippen molar-refractivity contribution in [3.05, 3.63) is 23.8 Å². The summed E-state index contributed by atoms with van der Waals surface area (Å²) in [6.45, 7) is 0. The number of hydrogen-bond donors (Lipinski definition) is 0. The van der Waals surface area contributed by atoms with E-state index >= 15 is 0 Å². The zero-order valence-corrected chi connectivity index (χ0v) is 9.93. The van der Waals surface area contributed by atoms with E-state index in [4.69, 9.17) is 20.2 Å². The second-order valence-electron chi connectivity index (χ2n) is 2.86. The van der Waals surface area contributed by atoms with Gasteiger partial charge in [-0.2, -0.15) is 0 Å². The molecule has 15 heavy (non-hydrogen) atoms. The first kappa shape index (κ1) is 12.1. The SMILES string of the molecule is COc1ccc(CS(=O)(=O)Cl)c(OC)c1. The summed E-state index contributed by atoms with van der Waals surface area (Å²) in [4.78, 5) is 0. The van der Waals surface area contributed by atoms with Crippen LogP contribution >= 0.6 is 10.7 Å². The third kappa shape index (κ3) is 3.60. The predicted octanol–water partition coefficient (Wildman–Crippen LogP) is 1.77. The maximum atomic E-state index is 10.9. The highest BCUT2D eigenvalue weighted by molar-refractivity contribution is 8.13. The smallest absolute Gasteiger partial charge is 0.236 e. The molecule has 4 nitrogen and oxygen atoms in total. The fourth-order valence-corrected chi connectivity index (χ4v) is 2.12.